The standard InChI is InChI=1S/C22H25ClN4O2/c1-15-10-17(6-8-24-15)20(28)27-9-7-22(14-27)11-19(12-22)26-21(29)25-13-16-2-4-18(23)5-3-16/h2-6,8,10,19H,7,9,11-14H2,1H3,(H2,25,26,29)/t19-,22+. The molecule has 3 amide bonds. The molecule has 4 rings (SSSR count). The molecule has 0 radical (unpaired) electrons. The van der Waals surface area contributed by atoms with E-state index < -0.39 is 0 Å². The Morgan fingerprint density at radius 3 is 2.72 bits per heavy atom. The van der Waals surface area contributed by atoms with E-state index in [9.17, 15) is 9.59 Å². The molecule has 0 bridgehead atoms. The molecule has 1 aromatic heterocycles. The van der Waals surface area contributed by atoms with Gasteiger partial charge < -0.3 is 15.5 Å². The second kappa shape index (κ2) is 8.03. The molecular formula is C22H25ClN4O2. The lowest BCUT2D eigenvalue weighted by atomic mass is 9.65. The minimum Gasteiger partial charge on any atom is -0.338 e. The van der Waals surface area contributed by atoms with Crippen LogP contribution >= 0.6 is 11.6 Å². The summed E-state index contributed by atoms with van der Waals surface area (Å²) in [6, 6.07) is 11.0. The van der Waals surface area contributed by atoms with Gasteiger partial charge in [0.25, 0.3) is 5.91 Å². The number of carbonyl (C=O) groups excluding carboxylic acids is 2. The topological polar surface area (TPSA) is 74.3 Å². The van der Waals surface area contributed by atoms with Gasteiger partial charge in [0.15, 0.2) is 0 Å². The van der Waals surface area contributed by atoms with Crippen LogP contribution in [0, 0.1) is 12.3 Å². The quantitative estimate of drug-likeness (QED) is 0.806. The fraction of sp³-hybridized carbons (Fsp3) is 0.409. The van der Waals surface area contributed by atoms with E-state index in [0.29, 0.717) is 17.1 Å². The number of hydrogen-bond donors (Lipinski definition) is 2. The van der Waals surface area contributed by atoms with Gasteiger partial charge in [-0.15, -0.1) is 0 Å². The third-order valence-electron chi connectivity index (χ3n) is 5.93. The molecule has 2 aliphatic rings. The van der Waals surface area contributed by atoms with Crippen molar-refractivity contribution in [3.05, 3.63) is 64.4 Å². The first kappa shape index (κ1) is 19.7. The van der Waals surface area contributed by atoms with Crippen LogP contribution in [0.3, 0.4) is 0 Å². The third-order valence-corrected chi connectivity index (χ3v) is 6.18. The summed E-state index contributed by atoms with van der Waals surface area (Å²) in [5, 5.41) is 6.61. The summed E-state index contributed by atoms with van der Waals surface area (Å²) >= 11 is 5.87. The molecule has 29 heavy (non-hydrogen) atoms. The Kier molecular flexibility index (Phi) is 5.46. The Morgan fingerprint density at radius 1 is 1.24 bits per heavy atom. The first-order valence-electron chi connectivity index (χ1n) is 9.93. The maximum atomic E-state index is 12.7. The highest BCUT2D eigenvalue weighted by Gasteiger charge is 2.49. The van der Waals surface area contributed by atoms with Crippen molar-refractivity contribution in [3.63, 3.8) is 0 Å². The van der Waals surface area contributed by atoms with Gasteiger partial charge in [-0.25, -0.2) is 4.79 Å². The van der Waals surface area contributed by atoms with Crippen molar-refractivity contribution in [1.29, 1.82) is 0 Å². The number of aromatic nitrogens is 1. The second-order valence-corrected chi connectivity index (χ2v) is 8.66. The molecule has 1 saturated heterocycles. The van der Waals surface area contributed by atoms with Crippen molar-refractivity contribution < 1.29 is 9.59 Å². The number of likely N-dealkylation sites (tertiary alicyclic amines) is 1. The van der Waals surface area contributed by atoms with Crippen molar-refractivity contribution in [2.75, 3.05) is 13.1 Å². The smallest absolute Gasteiger partial charge is 0.315 e. The van der Waals surface area contributed by atoms with E-state index in [1.54, 1.807) is 12.3 Å². The van der Waals surface area contributed by atoms with Crippen molar-refractivity contribution in [1.82, 2.24) is 20.5 Å². The highest BCUT2D eigenvalue weighted by atomic mass is 35.5. The molecule has 1 saturated carbocycles. The van der Waals surface area contributed by atoms with E-state index in [4.69, 9.17) is 11.6 Å². The Bertz CT molecular complexity index is 909. The normalized spacial score (nSPS) is 23.0. The van der Waals surface area contributed by atoms with Gasteiger partial charge in [-0.3, -0.25) is 9.78 Å². The van der Waals surface area contributed by atoms with Crippen LogP contribution in [-0.4, -0.2) is 41.0 Å². The maximum absolute atomic E-state index is 12.7. The molecule has 152 valence electrons. The number of urea groups is 1. The minimum absolute atomic E-state index is 0.0736. The molecule has 0 unspecified atom stereocenters. The number of rotatable bonds is 4. The number of pyridine rings is 1. The van der Waals surface area contributed by atoms with Gasteiger partial charge in [0.1, 0.15) is 0 Å². The summed E-state index contributed by atoms with van der Waals surface area (Å²) in [6.45, 7) is 3.89. The highest BCUT2D eigenvalue weighted by Crippen LogP contribution is 2.48. The molecule has 0 atom stereocenters. The zero-order valence-corrected chi connectivity index (χ0v) is 17.2. The van der Waals surface area contributed by atoms with Crippen LogP contribution in [0.4, 0.5) is 4.79 Å². The zero-order chi connectivity index (χ0) is 20.4. The number of amides is 3. The number of hydrogen-bond acceptors (Lipinski definition) is 3. The van der Waals surface area contributed by atoms with E-state index in [-0.39, 0.29) is 23.4 Å². The van der Waals surface area contributed by atoms with Crippen molar-refractivity contribution in [2.45, 2.75) is 38.8 Å². The van der Waals surface area contributed by atoms with Crippen LogP contribution in [-0.2, 0) is 6.54 Å². The monoisotopic (exact) mass is 412 g/mol. The zero-order valence-electron chi connectivity index (χ0n) is 16.5. The summed E-state index contributed by atoms with van der Waals surface area (Å²) in [6.07, 6.45) is 4.51. The molecule has 1 aliphatic heterocycles. The van der Waals surface area contributed by atoms with E-state index in [1.807, 2.05) is 42.2 Å². The minimum atomic E-state index is -0.155. The fourth-order valence-electron chi connectivity index (χ4n) is 4.41. The van der Waals surface area contributed by atoms with Crippen LogP contribution in [0.1, 0.15) is 40.9 Å². The van der Waals surface area contributed by atoms with E-state index >= 15 is 0 Å². The van der Waals surface area contributed by atoms with E-state index in [2.05, 4.69) is 15.6 Å². The number of nitrogens with one attached hydrogen (secondary N) is 2. The largest absolute Gasteiger partial charge is 0.338 e. The van der Waals surface area contributed by atoms with Crippen molar-refractivity contribution in [3.8, 4) is 0 Å². The summed E-state index contributed by atoms with van der Waals surface area (Å²) in [5.74, 6) is 0.0736. The number of aryl methyl sites for hydroxylation is 1. The lowest BCUT2D eigenvalue weighted by Gasteiger charge is -2.45. The molecular weight excluding hydrogens is 388 g/mol. The van der Waals surface area contributed by atoms with Gasteiger partial charge in [0.05, 0.1) is 0 Å². The molecule has 2 N–H and O–H groups in total. The summed E-state index contributed by atoms with van der Waals surface area (Å²) in [5.41, 5.74) is 2.70. The summed E-state index contributed by atoms with van der Waals surface area (Å²) in [4.78, 5) is 31.0. The van der Waals surface area contributed by atoms with Gasteiger partial charge in [0.2, 0.25) is 0 Å². The van der Waals surface area contributed by atoms with Crippen molar-refractivity contribution in [2.24, 2.45) is 5.41 Å². The van der Waals surface area contributed by atoms with Crippen LogP contribution in [0.5, 0.6) is 0 Å². The van der Waals surface area contributed by atoms with Gasteiger partial charge in [0, 0.05) is 48.2 Å². The first-order valence-corrected chi connectivity index (χ1v) is 10.3. The average Bonchev–Trinajstić information content (AvgIpc) is 3.12. The molecule has 2 aromatic rings. The lowest BCUT2D eigenvalue weighted by molar-refractivity contribution is 0.0671. The molecule has 2 heterocycles. The van der Waals surface area contributed by atoms with Crippen LogP contribution in [0.15, 0.2) is 42.6 Å². The highest BCUT2D eigenvalue weighted by molar-refractivity contribution is 6.30. The number of carbonyl (C=O) groups is 2. The fourth-order valence-corrected chi connectivity index (χ4v) is 4.54. The van der Waals surface area contributed by atoms with Gasteiger partial charge in [-0.2, -0.15) is 0 Å². The van der Waals surface area contributed by atoms with Crippen LogP contribution in [0.2, 0.25) is 5.02 Å². The molecule has 7 heteroatoms. The van der Waals surface area contributed by atoms with Gasteiger partial charge in [-0.05, 0) is 61.4 Å². The Hall–Kier alpha value is -2.60. The Balaban J connectivity index is 1.23. The predicted octanol–water partition coefficient (Wildman–Crippen LogP) is 3.54. The van der Waals surface area contributed by atoms with E-state index in [1.165, 1.54) is 0 Å². The molecule has 1 aliphatic carbocycles. The molecule has 1 spiro atoms. The lowest BCUT2D eigenvalue weighted by Crippen LogP contribution is -2.54. The third kappa shape index (κ3) is 4.53. The number of nitrogens with zero attached hydrogens (tertiary/aromatic N) is 2. The van der Waals surface area contributed by atoms with Gasteiger partial charge in [-0.1, -0.05) is 23.7 Å². The second-order valence-electron chi connectivity index (χ2n) is 8.22. The van der Waals surface area contributed by atoms with Crippen LogP contribution < -0.4 is 10.6 Å². The van der Waals surface area contributed by atoms with Crippen LogP contribution in [0.25, 0.3) is 0 Å². The molecule has 1 aromatic carbocycles. The Morgan fingerprint density at radius 2 is 2.00 bits per heavy atom. The number of halogens is 1. The predicted molar refractivity (Wildman–Crippen MR) is 112 cm³/mol. The van der Waals surface area contributed by atoms with E-state index in [0.717, 1.165) is 43.6 Å². The SMILES string of the molecule is Cc1cc(C(=O)N2CC[C@]3(C2)C[C@@H](NC(=O)NCc2ccc(Cl)cc2)C3)ccn1. The van der Waals surface area contributed by atoms with Gasteiger partial charge >= 0.3 is 6.03 Å². The average molecular weight is 413 g/mol. The summed E-state index contributed by atoms with van der Waals surface area (Å²) < 4.78 is 0. The maximum Gasteiger partial charge on any atom is 0.315 e. The number of benzene rings is 1. The molecule has 2 fully saturated rings. The first-order chi connectivity index (χ1) is 13.9. The Labute approximate surface area is 175 Å². The molecule has 6 nitrogen and oxygen atoms in total. The van der Waals surface area contributed by atoms with Crippen molar-refractivity contribution >= 4 is 23.5 Å². The summed E-state index contributed by atoms with van der Waals surface area (Å²) in [7, 11) is 0.